The fourth-order valence-electron chi connectivity index (χ4n) is 2.49. The van der Waals surface area contributed by atoms with Crippen LogP contribution in [0.2, 0.25) is 0 Å². The standard InChI is InChI=1S/C20H23F2NO/c1-14-6-8-15(9-7-14)5-4-12-20(2,3)19(24)23-18-11-10-16(21)13-17(18)22/h6-11,13H,4-5,12H2,1-3H3,(H,23,24). The lowest BCUT2D eigenvalue weighted by Gasteiger charge is -2.23. The molecule has 2 nitrogen and oxygen atoms in total. The zero-order valence-electron chi connectivity index (χ0n) is 14.3. The average molecular weight is 331 g/mol. The van der Waals surface area contributed by atoms with Gasteiger partial charge in [-0.3, -0.25) is 4.79 Å². The zero-order valence-corrected chi connectivity index (χ0v) is 14.3. The number of nitrogens with one attached hydrogen (secondary N) is 1. The molecule has 4 heteroatoms. The lowest BCUT2D eigenvalue weighted by molar-refractivity contribution is -0.124. The van der Waals surface area contributed by atoms with Gasteiger partial charge in [0, 0.05) is 11.5 Å². The maximum Gasteiger partial charge on any atom is 0.230 e. The van der Waals surface area contributed by atoms with E-state index in [-0.39, 0.29) is 11.6 Å². The van der Waals surface area contributed by atoms with E-state index in [1.807, 2.05) is 20.8 Å². The Morgan fingerprint density at radius 1 is 1.08 bits per heavy atom. The summed E-state index contributed by atoms with van der Waals surface area (Å²) in [5.74, 6) is -1.70. The van der Waals surface area contributed by atoms with Crippen LogP contribution in [0.15, 0.2) is 42.5 Å². The first kappa shape index (κ1) is 18.1. The normalized spacial score (nSPS) is 11.4. The average Bonchev–Trinajstić information content (AvgIpc) is 2.52. The second-order valence-electron chi connectivity index (χ2n) is 6.80. The van der Waals surface area contributed by atoms with Crippen LogP contribution in [0.1, 0.15) is 37.8 Å². The summed E-state index contributed by atoms with van der Waals surface area (Å²) in [6, 6.07) is 11.5. The Morgan fingerprint density at radius 3 is 2.38 bits per heavy atom. The van der Waals surface area contributed by atoms with Gasteiger partial charge in [0.05, 0.1) is 5.69 Å². The van der Waals surface area contributed by atoms with Crippen molar-refractivity contribution in [2.45, 2.75) is 40.0 Å². The molecular weight excluding hydrogens is 308 g/mol. The number of hydrogen-bond donors (Lipinski definition) is 1. The lowest BCUT2D eigenvalue weighted by atomic mass is 9.85. The van der Waals surface area contributed by atoms with Gasteiger partial charge in [-0.05, 0) is 43.9 Å². The summed E-state index contributed by atoms with van der Waals surface area (Å²) < 4.78 is 26.6. The van der Waals surface area contributed by atoms with E-state index in [1.165, 1.54) is 17.2 Å². The number of rotatable bonds is 6. The van der Waals surface area contributed by atoms with E-state index in [0.29, 0.717) is 6.42 Å². The Kier molecular flexibility index (Phi) is 5.71. The number of carbonyl (C=O) groups excluding carboxylic acids is 1. The molecule has 2 aromatic carbocycles. The van der Waals surface area contributed by atoms with Crippen molar-refractivity contribution in [2.24, 2.45) is 5.41 Å². The fourth-order valence-corrected chi connectivity index (χ4v) is 2.49. The van der Waals surface area contributed by atoms with Crippen molar-refractivity contribution in [3.8, 4) is 0 Å². The van der Waals surface area contributed by atoms with Gasteiger partial charge in [-0.1, -0.05) is 43.7 Å². The molecular formula is C20H23F2NO. The highest BCUT2D eigenvalue weighted by atomic mass is 19.1. The van der Waals surface area contributed by atoms with Gasteiger partial charge in [0.15, 0.2) is 0 Å². The van der Waals surface area contributed by atoms with Crippen LogP contribution in [0.5, 0.6) is 0 Å². The Labute approximate surface area is 141 Å². The molecule has 24 heavy (non-hydrogen) atoms. The van der Waals surface area contributed by atoms with E-state index in [4.69, 9.17) is 0 Å². The van der Waals surface area contributed by atoms with E-state index in [1.54, 1.807) is 0 Å². The molecule has 0 aliphatic carbocycles. The van der Waals surface area contributed by atoms with E-state index in [2.05, 4.69) is 29.6 Å². The second kappa shape index (κ2) is 7.56. The van der Waals surface area contributed by atoms with Crippen molar-refractivity contribution in [2.75, 3.05) is 5.32 Å². The molecule has 128 valence electrons. The van der Waals surface area contributed by atoms with E-state index in [0.717, 1.165) is 25.0 Å². The van der Waals surface area contributed by atoms with E-state index in [9.17, 15) is 13.6 Å². The van der Waals surface area contributed by atoms with Gasteiger partial charge in [-0.25, -0.2) is 8.78 Å². The van der Waals surface area contributed by atoms with Crippen molar-refractivity contribution in [3.05, 3.63) is 65.2 Å². The van der Waals surface area contributed by atoms with E-state index >= 15 is 0 Å². The lowest BCUT2D eigenvalue weighted by Crippen LogP contribution is -2.31. The highest BCUT2D eigenvalue weighted by Crippen LogP contribution is 2.26. The smallest absolute Gasteiger partial charge is 0.230 e. The fraction of sp³-hybridized carbons (Fsp3) is 0.350. The summed E-state index contributed by atoms with van der Waals surface area (Å²) in [6.07, 6.45) is 2.42. The zero-order chi connectivity index (χ0) is 17.7. The molecule has 0 saturated carbocycles. The summed E-state index contributed by atoms with van der Waals surface area (Å²) in [5, 5.41) is 2.55. The van der Waals surface area contributed by atoms with Crippen molar-refractivity contribution in [3.63, 3.8) is 0 Å². The largest absolute Gasteiger partial charge is 0.323 e. The molecule has 0 bridgehead atoms. The molecule has 1 amide bonds. The van der Waals surface area contributed by atoms with Crippen LogP contribution in [-0.2, 0) is 11.2 Å². The van der Waals surface area contributed by atoms with Crippen LogP contribution in [-0.4, -0.2) is 5.91 Å². The van der Waals surface area contributed by atoms with Crippen LogP contribution < -0.4 is 5.32 Å². The van der Waals surface area contributed by atoms with E-state index < -0.39 is 17.0 Å². The minimum atomic E-state index is -0.765. The molecule has 1 N–H and O–H groups in total. The predicted octanol–water partition coefficient (Wildman–Crippen LogP) is 5.26. The molecule has 0 radical (unpaired) electrons. The summed E-state index contributed by atoms with van der Waals surface area (Å²) in [4.78, 5) is 12.4. The summed E-state index contributed by atoms with van der Waals surface area (Å²) >= 11 is 0. The molecule has 0 fully saturated rings. The number of anilines is 1. The summed E-state index contributed by atoms with van der Waals surface area (Å²) in [7, 11) is 0. The Hall–Kier alpha value is -2.23. The molecule has 2 rings (SSSR count). The van der Waals surface area contributed by atoms with Crippen LogP contribution >= 0.6 is 0 Å². The number of halogens is 2. The Morgan fingerprint density at radius 2 is 1.75 bits per heavy atom. The van der Waals surface area contributed by atoms with Gasteiger partial charge in [0.25, 0.3) is 0 Å². The molecule has 0 unspecified atom stereocenters. The van der Waals surface area contributed by atoms with Crippen LogP contribution in [0.25, 0.3) is 0 Å². The highest BCUT2D eigenvalue weighted by Gasteiger charge is 2.27. The number of amides is 1. The van der Waals surface area contributed by atoms with Gasteiger partial charge < -0.3 is 5.32 Å². The van der Waals surface area contributed by atoms with Crippen molar-refractivity contribution in [1.82, 2.24) is 0 Å². The number of benzene rings is 2. The van der Waals surface area contributed by atoms with Crippen LogP contribution in [0.3, 0.4) is 0 Å². The number of aryl methyl sites for hydroxylation is 2. The molecule has 0 aliphatic rings. The van der Waals surface area contributed by atoms with Crippen molar-refractivity contribution >= 4 is 11.6 Å². The summed E-state index contributed by atoms with van der Waals surface area (Å²) in [6.45, 7) is 5.71. The van der Waals surface area contributed by atoms with Gasteiger partial charge >= 0.3 is 0 Å². The highest BCUT2D eigenvalue weighted by molar-refractivity contribution is 5.94. The first-order chi connectivity index (χ1) is 11.3. The SMILES string of the molecule is Cc1ccc(CCCC(C)(C)C(=O)Nc2ccc(F)cc2F)cc1. The first-order valence-corrected chi connectivity index (χ1v) is 8.10. The van der Waals surface area contributed by atoms with Crippen molar-refractivity contribution < 1.29 is 13.6 Å². The maximum absolute atomic E-state index is 13.7. The summed E-state index contributed by atoms with van der Waals surface area (Å²) in [5.41, 5.74) is 1.83. The third kappa shape index (κ3) is 4.88. The maximum atomic E-state index is 13.7. The molecule has 0 heterocycles. The molecule has 2 aromatic rings. The quantitative estimate of drug-likeness (QED) is 0.768. The third-order valence-electron chi connectivity index (χ3n) is 4.18. The Balaban J connectivity index is 1.91. The molecule has 0 spiro atoms. The van der Waals surface area contributed by atoms with Gasteiger partial charge in [-0.15, -0.1) is 0 Å². The molecule has 0 saturated heterocycles. The first-order valence-electron chi connectivity index (χ1n) is 8.10. The van der Waals surface area contributed by atoms with Gasteiger partial charge in [-0.2, -0.15) is 0 Å². The topological polar surface area (TPSA) is 29.1 Å². The number of carbonyl (C=O) groups is 1. The monoisotopic (exact) mass is 331 g/mol. The van der Waals surface area contributed by atoms with Gasteiger partial charge in [0.2, 0.25) is 5.91 Å². The van der Waals surface area contributed by atoms with Crippen LogP contribution in [0, 0.1) is 24.0 Å². The minimum Gasteiger partial charge on any atom is -0.323 e. The minimum absolute atomic E-state index is 0.00742. The predicted molar refractivity (Wildman–Crippen MR) is 92.9 cm³/mol. The molecule has 0 aromatic heterocycles. The molecule has 0 aliphatic heterocycles. The van der Waals surface area contributed by atoms with Crippen LogP contribution in [0.4, 0.5) is 14.5 Å². The third-order valence-corrected chi connectivity index (χ3v) is 4.18. The van der Waals surface area contributed by atoms with Gasteiger partial charge in [0.1, 0.15) is 11.6 Å². The molecule has 0 atom stereocenters. The number of hydrogen-bond acceptors (Lipinski definition) is 1. The Bertz CT molecular complexity index is 708. The van der Waals surface area contributed by atoms with Crippen molar-refractivity contribution in [1.29, 1.82) is 0 Å². The second-order valence-corrected chi connectivity index (χ2v) is 6.80.